The van der Waals surface area contributed by atoms with Crippen molar-refractivity contribution >= 4 is 38.9 Å². The van der Waals surface area contributed by atoms with E-state index in [1.54, 1.807) is 18.2 Å². The van der Waals surface area contributed by atoms with E-state index in [9.17, 15) is 8.42 Å². The minimum absolute atomic E-state index is 0.0579. The standard InChI is InChI=1S/C13H20Cl2N2O2S/c1-2-8-16-9-3-4-10-20(18,19)17-13-11(14)6-5-7-12(13)15/h5-7,16-17H,2-4,8-10H2,1H3. The maximum absolute atomic E-state index is 11.9. The fraction of sp³-hybridized carbons (Fsp3) is 0.538. The van der Waals surface area contributed by atoms with Gasteiger partial charge in [-0.3, -0.25) is 4.72 Å². The van der Waals surface area contributed by atoms with E-state index in [0.717, 1.165) is 25.9 Å². The van der Waals surface area contributed by atoms with Crippen LogP contribution in [0.2, 0.25) is 10.0 Å². The zero-order valence-corrected chi connectivity index (χ0v) is 13.8. The zero-order chi connectivity index (χ0) is 15.0. The molecule has 7 heteroatoms. The van der Waals surface area contributed by atoms with Crippen LogP contribution in [0.1, 0.15) is 26.2 Å². The largest absolute Gasteiger partial charge is 0.317 e. The van der Waals surface area contributed by atoms with Crippen molar-refractivity contribution in [1.82, 2.24) is 5.32 Å². The molecule has 0 saturated carbocycles. The van der Waals surface area contributed by atoms with E-state index in [0.29, 0.717) is 16.5 Å². The molecule has 114 valence electrons. The molecule has 20 heavy (non-hydrogen) atoms. The first-order valence-electron chi connectivity index (χ1n) is 6.61. The molecule has 1 rings (SSSR count). The minimum atomic E-state index is -3.42. The van der Waals surface area contributed by atoms with E-state index in [4.69, 9.17) is 23.2 Å². The second-order valence-electron chi connectivity index (χ2n) is 4.47. The van der Waals surface area contributed by atoms with Gasteiger partial charge in [0.25, 0.3) is 0 Å². The molecule has 4 nitrogen and oxygen atoms in total. The highest BCUT2D eigenvalue weighted by molar-refractivity contribution is 7.92. The number of benzene rings is 1. The summed E-state index contributed by atoms with van der Waals surface area (Å²) in [5.41, 5.74) is 0.250. The molecule has 0 fully saturated rings. The van der Waals surface area contributed by atoms with Crippen molar-refractivity contribution in [2.24, 2.45) is 0 Å². The first-order chi connectivity index (χ1) is 9.46. The van der Waals surface area contributed by atoms with Crippen molar-refractivity contribution in [3.05, 3.63) is 28.2 Å². The van der Waals surface area contributed by atoms with Gasteiger partial charge in [0, 0.05) is 0 Å². The molecule has 0 spiro atoms. The molecular weight excluding hydrogens is 319 g/mol. The predicted octanol–water partition coefficient (Wildman–Crippen LogP) is 3.51. The minimum Gasteiger partial charge on any atom is -0.317 e. The number of nitrogens with one attached hydrogen (secondary N) is 2. The van der Waals surface area contributed by atoms with Crippen LogP contribution in [0.3, 0.4) is 0 Å². The number of hydrogen-bond acceptors (Lipinski definition) is 3. The molecule has 1 aromatic rings. The first-order valence-corrected chi connectivity index (χ1v) is 9.02. The Balaban J connectivity index is 2.46. The van der Waals surface area contributed by atoms with Crippen molar-refractivity contribution in [2.45, 2.75) is 26.2 Å². The molecule has 0 radical (unpaired) electrons. The van der Waals surface area contributed by atoms with E-state index in [1.165, 1.54) is 0 Å². The van der Waals surface area contributed by atoms with Gasteiger partial charge in [0.2, 0.25) is 10.0 Å². The fourth-order valence-corrected chi connectivity index (χ4v) is 3.47. The van der Waals surface area contributed by atoms with Crippen molar-refractivity contribution in [2.75, 3.05) is 23.6 Å². The fourth-order valence-electron chi connectivity index (χ4n) is 1.65. The summed E-state index contributed by atoms with van der Waals surface area (Å²) in [6, 6.07) is 4.86. The second kappa shape index (κ2) is 8.72. The van der Waals surface area contributed by atoms with E-state index >= 15 is 0 Å². The first kappa shape index (κ1) is 17.6. The summed E-state index contributed by atoms with van der Waals surface area (Å²) in [6.45, 7) is 3.88. The van der Waals surface area contributed by atoms with Gasteiger partial charge in [0.05, 0.1) is 21.5 Å². The van der Waals surface area contributed by atoms with Gasteiger partial charge in [0.15, 0.2) is 0 Å². The number of halogens is 2. The summed E-state index contributed by atoms with van der Waals surface area (Å²) in [5, 5.41) is 3.83. The van der Waals surface area contributed by atoms with Gasteiger partial charge in [0.1, 0.15) is 0 Å². The lowest BCUT2D eigenvalue weighted by Gasteiger charge is -2.11. The van der Waals surface area contributed by atoms with Crippen molar-refractivity contribution in [3.8, 4) is 0 Å². The van der Waals surface area contributed by atoms with Crippen LogP contribution in [0.15, 0.2) is 18.2 Å². The van der Waals surface area contributed by atoms with Crippen LogP contribution >= 0.6 is 23.2 Å². The molecule has 2 N–H and O–H groups in total. The molecule has 0 amide bonds. The molecule has 0 aliphatic rings. The van der Waals surface area contributed by atoms with Crippen molar-refractivity contribution in [1.29, 1.82) is 0 Å². The number of anilines is 1. The van der Waals surface area contributed by atoms with Crippen molar-refractivity contribution in [3.63, 3.8) is 0 Å². The van der Waals surface area contributed by atoms with E-state index in [1.807, 2.05) is 0 Å². The molecular formula is C13H20Cl2N2O2S. The molecule has 1 aromatic carbocycles. The van der Waals surface area contributed by atoms with Crippen LogP contribution in [0.5, 0.6) is 0 Å². The molecule has 0 heterocycles. The summed E-state index contributed by atoms with van der Waals surface area (Å²) >= 11 is 11.9. The van der Waals surface area contributed by atoms with E-state index in [2.05, 4.69) is 17.0 Å². The van der Waals surface area contributed by atoms with Gasteiger partial charge < -0.3 is 5.32 Å². The number of para-hydroxylation sites is 1. The highest BCUT2D eigenvalue weighted by Gasteiger charge is 2.14. The normalized spacial score (nSPS) is 11.6. The Morgan fingerprint density at radius 2 is 1.75 bits per heavy atom. The topological polar surface area (TPSA) is 58.2 Å². The molecule has 0 saturated heterocycles. The SMILES string of the molecule is CCCNCCCCS(=O)(=O)Nc1c(Cl)cccc1Cl. The maximum atomic E-state index is 11.9. The molecule has 0 unspecified atom stereocenters. The van der Waals surface area contributed by atoms with E-state index < -0.39 is 10.0 Å². The molecule has 0 aliphatic carbocycles. The monoisotopic (exact) mass is 338 g/mol. The van der Waals surface area contributed by atoms with Crippen LogP contribution in [-0.2, 0) is 10.0 Å². The quantitative estimate of drug-likeness (QED) is 0.677. The number of sulfonamides is 1. The smallest absolute Gasteiger partial charge is 0.232 e. The van der Waals surface area contributed by atoms with Gasteiger partial charge >= 0.3 is 0 Å². The third kappa shape index (κ3) is 6.31. The summed E-state index contributed by atoms with van der Waals surface area (Å²) in [7, 11) is -3.42. The Hall–Kier alpha value is -0.490. The Bertz CT molecular complexity index is 501. The Morgan fingerprint density at radius 1 is 1.10 bits per heavy atom. The third-order valence-corrected chi connectivity index (χ3v) is 4.63. The molecule has 0 bridgehead atoms. The number of hydrogen-bond donors (Lipinski definition) is 2. The Kier molecular flexibility index (Phi) is 7.66. The lowest BCUT2D eigenvalue weighted by molar-refractivity contribution is 0.590. The van der Waals surface area contributed by atoms with Crippen LogP contribution in [0, 0.1) is 0 Å². The highest BCUT2D eigenvalue weighted by atomic mass is 35.5. The number of unbranched alkanes of at least 4 members (excludes halogenated alkanes) is 1. The zero-order valence-electron chi connectivity index (χ0n) is 11.5. The summed E-state index contributed by atoms with van der Waals surface area (Å²) in [4.78, 5) is 0. The van der Waals surface area contributed by atoms with Crippen LogP contribution < -0.4 is 10.0 Å². The summed E-state index contributed by atoms with van der Waals surface area (Å²) < 4.78 is 26.3. The highest BCUT2D eigenvalue weighted by Crippen LogP contribution is 2.30. The number of rotatable bonds is 9. The van der Waals surface area contributed by atoms with Crippen LogP contribution in [0.4, 0.5) is 5.69 Å². The van der Waals surface area contributed by atoms with Crippen molar-refractivity contribution < 1.29 is 8.42 Å². The van der Waals surface area contributed by atoms with Gasteiger partial charge in [-0.05, 0) is 44.5 Å². The lowest BCUT2D eigenvalue weighted by atomic mass is 10.3. The second-order valence-corrected chi connectivity index (χ2v) is 7.13. The third-order valence-electron chi connectivity index (χ3n) is 2.66. The van der Waals surface area contributed by atoms with E-state index in [-0.39, 0.29) is 11.4 Å². The average molecular weight is 339 g/mol. The molecule has 0 aromatic heterocycles. The van der Waals surface area contributed by atoms with Crippen LogP contribution in [0.25, 0.3) is 0 Å². The Labute approximate surface area is 130 Å². The van der Waals surface area contributed by atoms with Gasteiger partial charge in [-0.25, -0.2) is 8.42 Å². The molecule has 0 atom stereocenters. The summed E-state index contributed by atoms with van der Waals surface area (Å²) in [5.74, 6) is 0.0579. The maximum Gasteiger partial charge on any atom is 0.232 e. The summed E-state index contributed by atoms with van der Waals surface area (Å²) in [6.07, 6.45) is 2.48. The average Bonchev–Trinajstić information content (AvgIpc) is 2.38. The molecule has 0 aliphatic heterocycles. The Morgan fingerprint density at radius 3 is 2.35 bits per heavy atom. The van der Waals surface area contributed by atoms with Gasteiger partial charge in [-0.1, -0.05) is 36.2 Å². The van der Waals surface area contributed by atoms with Crippen LogP contribution in [-0.4, -0.2) is 27.3 Å². The van der Waals surface area contributed by atoms with Gasteiger partial charge in [-0.2, -0.15) is 0 Å². The predicted molar refractivity (Wildman–Crippen MR) is 86.3 cm³/mol. The lowest BCUT2D eigenvalue weighted by Crippen LogP contribution is -2.20. The van der Waals surface area contributed by atoms with Gasteiger partial charge in [-0.15, -0.1) is 0 Å².